The lowest BCUT2D eigenvalue weighted by Crippen LogP contribution is -2.44. The van der Waals surface area contributed by atoms with Crippen LogP contribution in [0.15, 0.2) is 29.4 Å². The summed E-state index contributed by atoms with van der Waals surface area (Å²) < 4.78 is 0. The van der Waals surface area contributed by atoms with Crippen LogP contribution in [0.2, 0.25) is 0 Å². The Bertz CT molecular complexity index is 496. The second kappa shape index (κ2) is 5.87. The van der Waals surface area contributed by atoms with Crippen LogP contribution in [-0.2, 0) is 4.79 Å². The van der Waals surface area contributed by atoms with Gasteiger partial charge in [0, 0.05) is 18.7 Å². The van der Waals surface area contributed by atoms with E-state index in [0.717, 1.165) is 36.5 Å². The zero-order valence-electron chi connectivity index (χ0n) is 11.8. The molecular weight excluding hydrogens is 238 g/mol. The molecule has 4 heteroatoms. The van der Waals surface area contributed by atoms with E-state index in [9.17, 15) is 4.79 Å². The second-order valence-electron chi connectivity index (χ2n) is 4.74. The van der Waals surface area contributed by atoms with Crippen molar-refractivity contribution in [3.05, 3.63) is 29.8 Å². The average molecular weight is 259 g/mol. The number of hydrazone groups is 1. The van der Waals surface area contributed by atoms with Gasteiger partial charge in [0.05, 0.1) is 17.3 Å². The minimum absolute atomic E-state index is 0.136. The van der Waals surface area contributed by atoms with Crippen molar-refractivity contribution in [2.45, 2.75) is 27.2 Å². The van der Waals surface area contributed by atoms with Crippen molar-refractivity contribution in [3.63, 3.8) is 0 Å². The van der Waals surface area contributed by atoms with Crippen LogP contribution < -0.4 is 10.3 Å². The van der Waals surface area contributed by atoms with Crippen LogP contribution in [-0.4, -0.2) is 24.7 Å². The predicted octanol–water partition coefficient (Wildman–Crippen LogP) is 2.39. The Morgan fingerprint density at radius 3 is 2.74 bits per heavy atom. The van der Waals surface area contributed by atoms with Crippen LogP contribution in [0.1, 0.15) is 32.8 Å². The largest absolute Gasteiger partial charge is 0.311 e. The molecule has 1 aromatic rings. The average Bonchev–Trinajstić information content (AvgIpc) is 2.44. The summed E-state index contributed by atoms with van der Waals surface area (Å²) in [6, 6.07) is 8.00. The first kappa shape index (κ1) is 13.6. The maximum atomic E-state index is 12.5. The van der Waals surface area contributed by atoms with Crippen molar-refractivity contribution in [3.8, 4) is 0 Å². The van der Waals surface area contributed by atoms with Gasteiger partial charge in [-0.1, -0.05) is 25.1 Å². The van der Waals surface area contributed by atoms with Gasteiger partial charge in [-0.25, -0.2) is 0 Å². The summed E-state index contributed by atoms with van der Waals surface area (Å²) in [6.45, 7) is 7.52. The number of nitrogens with one attached hydrogen (secondary N) is 1. The molecule has 1 aromatic carbocycles. The fourth-order valence-corrected chi connectivity index (χ4v) is 2.40. The fraction of sp³-hybridized carbons (Fsp3) is 0.467. The SMILES string of the molecule is CCCN1C(=O)C(C)/C(=N\NCC)c2ccccc21. The third-order valence-electron chi connectivity index (χ3n) is 3.32. The number of amides is 1. The van der Waals surface area contributed by atoms with Gasteiger partial charge in [-0.15, -0.1) is 0 Å². The highest BCUT2D eigenvalue weighted by Crippen LogP contribution is 2.30. The van der Waals surface area contributed by atoms with Crippen LogP contribution >= 0.6 is 0 Å². The number of benzene rings is 1. The van der Waals surface area contributed by atoms with Gasteiger partial charge in [-0.3, -0.25) is 4.79 Å². The molecule has 1 N–H and O–H groups in total. The summed E-state index contributed by atoms with van der Waals surface area (Å²) in [5.41, 5.74) is 5.85. The molecule has 0 saturated heterocycles. The Labute approximate surface area is 114 Å². The minimum atomic E-state index is -0.194. The van der Waals surface area contributed by atoms with Crippen LogP contribution in [0.3, 0.4) is 0 Å². The van der Waals surface area contributed by atoms with Crippen LogP contribution in [0.5, 0.6) is 0 Å². The number of carbonyl (C=O) groups is 1. The Morgan fingerprint density at radius 1 is 1.32 bits per heavy atom. The van der Waals surface area contributed by atoms with E-state index in [4.69, 9.17) is 0 Å². The van der Waals surface area contributed by atoms with Crippen molar-refractivity contribution >= 4 is 17.3 Å². The Kier molecular flexibility index (Phi) is 4.20. The molecule has 0 saturated carbocycles. The molecule has 1 amide bonds. The first-order chi connectivity index (χ1) is 9.20. The number of rotatable bonds is 4. The van der Waals surface area contributed by atoms with Crippen molar-refractivity contribution in [2.75, 3.05) is 18.0 Å². The summed E-state index contributed by atoms with van der Waals surface area (Å²) in [7, 11) is 0. The third kappa shape index (κ3) is 2.48. The van der Waals surface area contributed by atoms with Crippen LogP contribution in [0.4, 0.5) is 5.69 Å². The highest BCUT2D eigenvalue weighted by Gasteiger charge is 2.34. The molecule has 102 valence electrons. The van der Waals surface area contributed by atoms with Crippen LogP contribution in [0, 0.1) is 5.92 Å². The number of hydrogen-bond donors (Lipinski definition) is 1. The van der Waals surface area contributed by atoms with Gasteiger partial charge in [0.1, 0.15) is 0 Å². The lowest BCUT2D eigenvalue weighted by molar-refractivity contribution is -0.120. The van der Waals surface area contributed by atoms with E-state index >= 15 is 0 Å². The van der Waals surface area contributed by atoms with Crippen molar-refractivity contribution in [1.29, 1.82) is 0 Å². The van der Waals surface area contributed by atoms with E-state index in [-0.39, 0.29) is 11.8 Å². The molecule has 1 atom stereocenters. The molecule has 1 heterocycles. The lowest BCUT2D eigenvalue weighted by Gasteiger charge is -2.33. The monoisotopic (exact) mass is 259 g/mol. The van der Waals surface area contributed by atoms with Gasteiger partial charge in [0.15, 0.2) is 0 Å². The zero-order valence-corrected chi connectivity index (χ0v) is 11.8. The number of hydrogen-bond acceptors (Lipinski definition) is 3. The quantitative estimate of drug-likeness (QED) is 0.844. The number of anilines is 1. The molecule has 0 spiro atoms. The smallest absolute Gasteiger partial charge is 0.235 e. The number of carbonyl (C=O) groups excluding carboxylic acids is 1. The minimum Gasteiger partial charge on any atom is -0.311 e. The van der Waals surface area contributed by atoms with E-state index in [1.54, 1.807) is 0 Å². The number of fused-ring (bicyclic) bond motifs is 1. The molecule has 0 radical (unpaired) electrons. The molecule has 0 aliphatic carbocycles. The van der Waals surface area contributed by atoms with E-state index in [2.05, 4.69) is 17.5 Å². The number of nitrogens with zero attached hydrogens (tertiary/aromatic N) is 2. The van der Waals surface area contributed by atoms with Gasteiger partial charge >= 0.3 is 0 Å². The third-order valence-corrected chi connectivity index (χ3v) is 3.32. The zero-order chi connectivity index (χ0) is 13.8. The van der Waals surface area contributed by atoms with Gasteiger partial charge in [-0.2, -0.15) is 5.10 Å². The van der Waals surface area contributed by atoms with Gasteiger partial charge in [0.25, 0.3) is 0 Å². The van der Waals surface area contributed by atoms with Crippen molar-refractivity contribution in [2.24, 2.45) is 11.0 Å². The highest BCUT2D eigenvalue weighted by atomic mass is 16.2. The predicted molar refractivity (Wildman–Crippen MR) is 78.5 cm³/mol. The van der Waals surface area contributed by atoms with E-state index in [1.807, 2.05) is 43.0 Å². The standard InChI is InChI=1S/C15H21N3O/c1-4-10-18-13-9-7-6-8-12(13)14(17-16-5-2)11(3)15(18)19/h6-9,11,16H,4-5,10H2,1-3H3/b17-14+. The fourth-order valence-electron chi connectivity index (χ4n) is 2.40. The van der Waals surface area contributed by atoms with E-state index in [0.29, 0.717) is 0 Å². The van der Waals surface area contributed by atoms with Gasteiger partial charge in [0.2, 0.25) is 5.91 Å². The Morgan fingerprint density at radius 2 is 2.05 bits per heavy atom. The molecular formula is C15H21N3O. The maximum absolute atomic E-state index is 12.5. The number of para-hydroxylation sites is 1. The summed E-state index contributed by atoms with van der Waals surface area (Å²) in [6.07, 6.45) is 0.951. The van der Waals surface area contributed by atoms with Crippen molar-refractivity contribution < 1.29 is 4.79 Å². The normalized spacial score (nSPS) is 20.6. The van der Waals surface area contributed by atoms with Crippen molar-refractivity contribution in [1.82, 2.24) is 5.43 Å². The first-order valence-electron chi connectivity index (χ1n) is 6.91. The molecule has 1 aliphatic heterocycles. The Hall–Kier alpha value is -1.84. The molecule has 2 rings (SSSR count). The second-order valence-corrected chi connectivity index (χ2v) is 4.74. The highest BCUT2D eigenvalue weighted by molar-refractivity contribution is 6.23. The molecule has 19 heavy (non-hydrogen) atoms. The molecule has 0 aromatic heterocycles. The molecule has 0 bridgehead atoms. The topological polar surface area (TPSA) is 44.7 Å². The summed E-state index contributed by atoms with van der Waals surface area (Å²) in [5, 5.41) is 4.39. The van der Waals surface area contributed by atoms with Gasteiger partial charge < -0.3 is 10.3 Å². The van der Waals surface area contributed by atoms with Gasteiger partial charge in [-0.05, 0) is 26.3 Å². The summed E-state index contributed by atoms with van der Waals surface area (Å²) in [4.78, 5) is 14.3. The lowest BCUT2D eigenvalue weighted by atomic mass is 9.90. The maximum Gasteiger partial charge on any atom is 0.235 e. The van der Waals surface area contributed by atoms with E-state index in [1.165, 1.54) is 0 Å². The first-order valence-corrected chi connectivity index (χ1v) is 6.91. The molecule has 1 aliphatic rings. The molecule has 4 nitrogen and oxygen atoms in total. The molecule has 0 fully saturated rings. The van der Waals surface area contributed by atoms with Crippen LogP contribution in [0.25, 0.3) is 0 Å². The summed E-state index contributed by atoms with van der Waals surface area (Å²) in [5.74, 6) is -0.0577. The Balaban J connectivity index is 2.49. The van der Waals surface area contributed by atoms with E-state index < -0.39 is 0 Å². The summed E-state index contributed by atoms with van der Waals surface area (Å²) >= 11 is 0. The molecule has 1 unspecified atom stereocenters.